The van der Waals surface area contributed by atoms with Crippen molar-refractivity contribution in [2.45, 2.75) is 12.8 Å². The van der Waals surface area contributed by atoms with E-state index < -0.39 is 5.82 Å². The van der Waals surface area contributed by atoms with Crippen LogP contribution in [-0.2, 0) is 5.88 Å². The molecule has 0 radical (unpaired) electrons. The highest BCUT2D eigenvalue weighted by atomic mass is 35.5. The Labute approximate surface area is 104 Å². The standard InChI is InChI=1S/C12H11ClFN3/c1-8-11(14)12(16-7-15-8)17-10-4-2-3-9(5-10)6-13/h2-5,7H,6H2,1H3,(H,15,16,17). The van der Waals surface area contributed by atoms with Gasteiger partial charge in [-0.25, -0.2) is 14.4 Å². The lowest BCUT2D eigenvalue weighted by Gasteiger charge is -2.08. The van der Waals surface area contributed by atoms with Gasteiger partial charge in [-0.15, -0.1) is 11.6 Å². The third-order valence-electron chi connectivity index (χ3n) is 2.31. The minimum Gasteiger partial charge on any atom is -0.338 e. The van der Waals surface area contributed by atoms with Crippen molar-refractivity contribution in [2.24, 2.45) is 0 Å². The van der Waals surface area contributed by atoms with Crippen LogP contribution in [-0.4, -0.2) is 9.97 Å². The molecule has 0 spiro atoms. The molecular weight excluding hydrogens is 241 g/mol. The molecule has 2 aromatic rings. The monoisotopic (exact) mass is 251 g/mol. The van der Waals surface area contributed by atoms with Crippen molar-refractivity contribution in [3.05, 3.63) is 47.7 Å². The van der Waals surface area contributed by atoms with Crippen LogP contribution in [0.4, 0.5) is 15.9 Å². The van der Waals surface area contributed by atoms with E-state index in [9.17, 15) is 4.39 Å². The molecule has 5 heteroatoms. The second kappa shape index (κ2) is 5.10. The van der Waals surface area contributed by atoms with Gasteiger partial charge in [0.05, 0.1) is 5.69 Å². The van der Waals surface area contributed by atoms with E-state index in [0.717, 1.165) is 11.3 Å². The summed E-state index contributed by atoms with van der Waals surface area (Å²) in [6, 6.07) is 7.43. The van der Waals surface area contributed by atoms with Gasteiger partial charge < -0.3 is 5.32 Å². The van der Waals surface area contributed by atoms with Crippen LogP contribution >= 0.6 is 11.6 Å². The molecule has 2 rings (SSSR count). The molecule has 3 nitrogen and oxygen atoms in total. The maximum Gasteiger partial charge on any atom is 0.186 e. The fourth-order valence-corrected chi connectivity index (χ4v) is 1.58. The molecule has 0 saturated heterocycles. The van der Waals surface area contributed by atoms with Crippen LogP contribution in [0.5, 0.6) is 0 Å². The zero-order valence-corrected chi connectivity index (χ0v) is 10.0. The summed E-state index contributed by atoms with van der Waals surface area (Å²) in [5.41, 5.74) is 2.03. The Morgan fingerprint density at radius 3 is 2.94 bits per heavy atom. The largest absolute Gasteiger partial charge is 0.338 e. The van der Waals surface area contributed by atoms with Crippen molar-refractivity contribution >= 4 is 23.1 Å². The molecule has 0 atom stereocenters. The van der Waals surface area contributed by atoms with Gasteiger partial charge in [-0.1, -0.05) is 12.1 Å². The molecule has 0 saturated carbocycles. The van der Waals surface area contributed by atoms with Gasteiger partial charge in [0.1, 0.15) is 6.33 Å². The smallest absolute Gasteiger partial charge is 0.186 e. The van der Waals surface area contributed by atoms with Gasteiger partial charge in [-0.05, 0) is 24.6 Å². The van der Waals surface area contributed by atoms with E-state index in [-0.39, 0.29) is 5.82 Å². The molecule has 1 aromatic heterocycles. The number of hydrogen-bond donors (Lipinski definition) is 1. The van der Waals surface area contributed by atoms with Crippen molar-refractivity contribution in [2.75, 3.05) is 5.32 Å². The van der Waals surface area contributed by atoms with E-state index in [2.05, 4.69) is 15.3 Å². The van der Waals surface area contributed by atoms with Gasteiger partial charge in [0.25, 0.3) is 0 Å². The molecule has 0 aliphatic carbocycles. The highest BCUT2D eigenvalue weighted by Crippen LogP contribution is 2.19. The number of benzene rings is 1. The molecule has 0 bridgehead atoms. The van der Waals surface area contributed by atoms with E-state index >= 15 is 0 Å². The molecule has 1 aromatic carbocycles. The van der Waals surface area contributed by atoms with E-state index in [4.69, 9.17) is 11.6 Å². The van der Waals surface area contributed by atoms with Crippen LogP contribution < -0.4 is 5.32 Å². The fraction of sp³-hybridized carbons (Fsp3) is 0.167. The lowest BCUT2D eigenvalue weighted by Crippen LogP contribution is -2.00. The SMILES string of the molecule is Cc1ncnc(Nc2cccc(CCl)c2)c1F. The molecule has 0 aliphatic rings. The van der Waals surface area contributed by atoms with Crippen molar-refractivity contribution in [3.63, 3.8) is 0 Å². The summed E-state index contributed by atoms with van der Waals surface area (Å²) in [6.07, 6.45) is 1.33. The highest BCUT2D eigenvalue weighted by molar-refractivity contribution is 6.17. The number of nitrogens with zero attached hydrogens (tertiary/aromatic N) is 2. The predicted molar refractivity (Wildman–Crippen MR) is 66.0 cm³/mol. The van der Waals surface area contributed by atoms with Crippen LogP contribution in [0.3, 0.4) is 0 Å². The second-order valence-corrected chi connectivity index (χ2v) is 3.85. The Morgan fingerprint density at radius 1 is 1.35 bits per heavy atom. The van der Waals surface area contributed by atoms with Crippen molar-refractivity contribution < 1.29 is 4.39 Å². The number of halogens is 2. The molecule has 1 heterocycles. The van der Waals surface area contributed by atoms with Gasteiger partial charge in [0.2, 0.25) is 0 Å². The minimum absolute atomic E-state index is 0.171. The maximum atomic E-state index is 13.7. The fourth-order valence-electron chi connectivity index (χ4n) is 1.41. The summed E-state index contributed by atoms with van der Waals surface area (Å²) in [4.78, 5) is 7.63. The number of anilines is 2. The zero-order chi connectivity index (χ0) is 12.3. The van der Waals surface area contributed by atoms with Crippen molar-refractivity contribution in [1.82, 2.24) is 9.97 Å². The molecule has 0 aliphatic heterocycles. The number of aryl methyl sites for hydroxylation is 1. The van der Waals surface area contributed by atoms with Gasteiger partial charge in [-0.2, -0.15) is 0 Å². The van der Waals surface area contributed by atoms with Crippen molar-refractivity contribution in [1.29, 1.82) is 0 Å². The van der Waals surface area contributed by atoms with E-state index in [1.807, 2.05) is 24.3 Å². The summed E-state index contributed by atoms with van der Waals surface area (Å²) < 4.78 is 13.7. The van der Waals surface area contributed by atoms with Gasteiger partial charge in [0, 0.05) is 11.6 Å². The van der Waals surface area contributed by atoms with Crippen LogP contribution in [0.2, 0.25) is 0 Å². The summed E-state index contributed by atoms with van der Waals surface area (Å²) >= 11 is 5.73. The van der Waals surface area contributed by atoms with Crippen LogP contribution in [0.15, 0.2) is 30.6 Å². The number of alkyl halides is 1. The van der Waals surface area contributed by atoms with E-state index in [1.165, 1.54) is 6.33 Å². The van der Waals surface area contributed by atoms with Gasteiger partial charge >= 0.3 is 0 Å². The average Bonchev–Trinajstić information content (AvgIpc) is 2.35. The second-order valence-electron chi connectivity index (χ2n) is 3.58. The van der Waals surface area contributed by atoms with Crippen LogP contribution in [0, 0.1) is 12.7 Å². The normalized spacial score (nSPS) is 10.3. The first kappa shape index (κ1) is 11.8. The topological polar surface area (TPSA) is 37.8 Å². The van der Waals surface area contributed by atoms with E-state index in [0.29, 0.717) is 11.6 Å². The number of nitrogens with one attached hydrogen (secondary N) is 1. The Morgan fingerprint density at radius 2 is 2.18 bits per heavy atom. The number of rotatable bonds is 3. The summed E-state index contributed by atoms with van der Waals surface area (Å²) in [5, 5.41) is 2.90. The summed E-state index contributed by atoms with van der Waals surface area (Å²) in [7, 11) is 0. The molecular formula is C12H11ClFN3. The van der Waals surface area contributed by atoms with Crippen molar-refractivity contribution in [3.8, 4) is 0 Å². The van der Waals surface area contributed by atoms with Gasteiger partial charge in [0.15, 0.2) is 11.6 Å². The minimum atomic E-state index is -0.441. The average molecular weight is 252 g/mol. The molecule has 0 amide bonds. The summed E-state index contributed by atoms with van der Waals surface area (Å²) in [5.74, 6) is 0.147. The first-order chi connectivity index (χ1) is 8.20. The Hall–Kier alpha value is -1.68. The van der Waals surface area contributed by atoms with Gasteiger partial charge in [-0.3, -0.25) is 0 Å². The maximum absolute atomic E-state index is 13.7. The molecule has 0 fully saturated rings. The first-order valence-electron chi connectivity index (χ1n) is 5.09. The zero-order valence-electron chi connectivity index (χ0n) is 9.24. The molecule has 0 unspecified atom stereocenters. The Bertz CT molecular complexity index is 531. The predicted octanol–water partition coefficient (Wildman–Crippen LogP) is 3.41. The van der Waals surface area contributed by atoms with Crippen LogP contribution in [0.1, 0.15) is 11.3 Å². The first-order valence-corrected chi connectivity index (χ1v) is 5.63. The quantitative estimate of drug-likeness (QED) is 0.850. The number of aromatic nitrogens is 2. The third kappa shape index (κ3) is 2.71. The number of hydrogen-bond acceptors (Lipinski definition) is 3. The molecule has 17 heavy (non-hydrogen) atoms. The highest BCUT2D eigenvalue weighted by Gasteiger charge is 2.07. The lowest BCUT2D eigenvalue weighted by molar-refractivity contribution is 0.607. The van der Waals surface area contributed by atoms with Crippen LogP contribution in [0.25, 0.3) is 0 Å². The lowest BCUT2D eigenvalue weighted by atomic mass is 10.2. The molecule has 88 valence electrons. The summed E-state index contributed by atoms with van der Waals surface area (Å²) in [6.45, 7) is 1.59. The Kier molecular flexibility index (Phi) is 3.54. The molecule has 1 N–H and O–H groups in total. The van der Waals surface area contributed by atoms with E-state index in [1.54, 1.807) is 6.92 Å². The Balaban J connectivity index is 2.28. The third-order valence-corrected chi connectivity index (χ3v) is 2.62.